The van der Waals surface area contributed by atoms with E-state index in [0.29, 0.717) is 31.7 Å². The molecule has 96 valence electrons. The molecule has 3 heteroatoms. The van der Waals surface area contributed by atoms with Crippen LogP contribution in [0.25, 0.3) is 0 Å². The van der Waals surface area contributed by atoms with Gasteiger partial charge in [-0.15, -0.1) is 0 Å². The van der Waals surface area contributed by atoms with Gasteiger partial charge in [-0.2, -0.15) is 0 Å². The second kappa shape index (κ2) is 8.57. The Morgan fingerprint density at radius 2 is 1.69 bits per heavy atom. The van der Waals surface area contributed by atoms with Crippen LogP contribution in [-0.4, -0.2) is 25.8 Å². The number of hydrogen-bond acceptors (Lipinski definition) is 3. The predicted molar refractivity (Wildman–Crippen MR) is 65.2 cm³/mol. The van der Waals surface area contributed by atoms with Crippen LogP contribution >= 0.6 is 0 Å². The fourth-order valence-electron chi connectivity index (χ4n) is 1.43. The molecule has 0 radical (unpaired) electrons. The van der Waals surface area contributed by atoms with E-state index in [1.54, 1.807) is 0 Å². The molecule has 0 N–H and O–H groups in total. The molecule has 0 aliphatic carbocycles. The maximum Gasteiger partial charge on any atom is 0.311 e. The highest BCUT2D eigenvalue weighted by atomic mass is 16.5. The summed E-state index contributed by atoms with van der Waals surface area (Å²) in [4.78, 5) is 11.8. The lowest BCUT2D eigenvalue weighted by molar-refractivity contribution is -0.152. The van der Waals surface area contributed by atoms with E-state index >= 15 is 0 Å². The highest BCUT2D eigenvalue weighted by Gasteiger charge is 2.21. The van der Waals surface area contributed by atoms with Gasteiger partial charge >= 0.3 is 5.97 Å². The van der Waals surface area contributed by atoms with Crippen LogP contribution in [0, 0.1) is 17.8 Å². The van der Waals surface area contributed by atoms with Crippen LogP contribution in [0.3, 0.4) is 0 Å². The van der Waals surface area contributed by atoms with Gasteiger partial charge in [0.2, 0.25) is 0 Å². The minimum absolute atomic E-state index is 0.112. The normalized spacial score (nSPS) is 13.2. The zero-order valence-electron chi connectivity index (χ0n) is 11.3. The second-order valence-electron chi connectivity index (χ2n) is 5.01. The van der Waals surface area contributed by atoms with Crippen molar-refractivity contribution in [3.8, 4) is 0 Å². The summed E-state index contributed by atoms with van der Waals surface area (Å²) in [6.45, 7) is 11.8. The Morgan fingerprint density at radius 3 is 2.12 bits per heavy atom. The van der Waals surface area contributed by atoms with Crippen molar-refractivity contribution in [2.45, 2.75) is 41.0 Å². The quantitative estimate of drug-likeness (QED) is 0.601. The number of esters is 1. The van der Waals surface area contributed by atoms with E-state index in [0.717, 1.165) is 6.42 Å². The standard InChI is InChI=1S/C13H26O3/c1-6-15-9-12(7-10(2)3)13(14)16-8-11(4)5/h10-12H,6-9H2,1-5H3. The first-order valence-corrected chi connectivity index (χ1v) is 6.21. The van der Waals surface area contributed by atoms with Gasteiger partial charge in [-0.1, -0.05) is 27.7 Å². The first-order valence-electron chi connectivity index (χ1n) is 6.21. The molecule has 1 unspecified atom stereocenters. The Hall–Kier alpha value is -0.570. The molecule has 3 nitrogen and oxygen atoms in total. The third-order valence-electron chi connectivity index (χ3n) is 2.17. The predicted octanol–water partition coefficient (Wildman–Crippen LogP) is 2.88. The Morgan fingerprint density at radius 1 is 1.06 bits per heavy atom. The molecule has 16 heavy (non-hydrogen) atoms. The maximum atomic E-state index is 11.8. The first-order chi connectivity index (χ1) is 7.47. The van der Waals surface area contributed by atoms with Gasteiger partial charge in [0.05, 0.1) is 19.1 Å². The minimum atomic E-state index is -0.115. The van der Waals surface area contributed by atoms with Crippen LogP contribution in [0.2, 0.25) is 0 Å². The Labute approximate surface area is 99.5 Å². The van der Waals surface area contributed by atoms with Crippen LogP contribution in [0.4, 0.5) is 0 Å². The molecular weight excluding hydrogens is 204 g/mol. The molecule has 0 aromatic heterocycles. The summed E-state index contributed by atoms with van der Waals surface area (Å²) in [6.07, 6.45) is 0.830. The van der Waals surface area contributed by atoms with E-state index in [1.165, 1.54) is 0 Å². The van der Waals surface area contributed by atoms with Crippen molar-refractivity contribution in [2.24, 2.45) is 17.8 Å². The average molecular weight is 230 g/mol. The van der Waals surface area contributed by atoms with E-state index in [1.807, 2.05) is 20.8 Å². The molecular formula is C13H26O3. The van der Waals surface area contributed by atoms with Gasteiger partial charge in [0.15, 0.2) is 0 Å². The lowest BCUT2D eigenvalue weighted by Gasteiger charge is -2.18. The SMILES string of the molecule is CCOCC(CC(C)C)C(=O)OCC(C)C. The van der Waals surface area contributed by atoms with Gasteiger partial charge in [-0.05, 0) is 25.2 Å². The van der Waals surface area contributed by atoms with Crippen molar-refractivity contribution in [2.75, 3.05) is 19.8 Å². The fraction of sp³-hybridized carbons (Fsp3) is 0.923. The molecule has 0 rings (SSSR count). The summed E-state index contributed by atoms with van der Waals surface area (Å²) in [5.74, 6) is 0.641. The molecule has 0 amide bonds. The van der Waals surface area contributed by atoms with E-state index in [4.69, 9.17) is 9.47 Å². The van der Waals surface area contributed by atoms with E-state index in [-0.39, 0.29) is 11.9 Å². The molecule has 0 heterocycles. The van der Waals surface area contributed by atoms with Crippen molar-refractivity contribution < 1.29 is 14.3 Å². The molecule has 0 aromatic rings. The van der Waals surface area contributed by atoms with Crippen molar-refractivity contribution in [1.29, 1.82) is 0 Å². The van der Waals surface area contributed by atoms with Crippen molar-refractivity contribution in [3.63, 3.8) is 0 Å². The molecule has 0 spiro atoms. The number of ether oxygens (including phenoxy) is 2. The van der Waals surface area contributed by atoms with Gasteiger partial charge < -0.3 is 9.47 Å². The zero-order chi connectivity index (χ0) is 12.6. The van der Waals surface area contributed by atoms with Gasteiger partial charge in [0.1, 0.15) is 0 Å². The third kappa shape index (κ3) is 7.69. The molecule has 1 atom stereocenters. The highest BCUT2D eigenvalue weighted by Crippen LogP contribution is 2.14. The largest absolute Gasteiger partial charge is 0.465 e. The minimum Gasteiger partial charge on any atom is -0.465 e. The Kier molecular flexibility index (Phi) is 8.26. The van der Waals surface area contributed by atoms with Crippen molar-refractivity contribution in [3.05, 3.63) is 0 Å². The van der Waals surface area contributed by atoms with Crippen LogP contribution < -0.4 is 0 Å². The molecule has 0 aliphatic rings. The van der Waals surface area contributed by atoms with Crippen molar-refractivity contribution in [1.82, 2.24) is 0 Å². The van der Waals surface area contributed by atoms with Crippen LogP contribution in [0.15, 0.2) is 0 Å². The topological polar surface area (TPSA) is 35.5 Å². The summed E-state index contributed by atoms with van der Waals surface area (Å²) in [5.41, 5.74) is 0. The molecule has 0 saturated heterocycles. The molecule has 0 aliphatic heterocycles. The van der Waals surface area contributed by atoms with Crippen molar-refractivity contribution >= 4 is 5.97 Å². The number of carbonyl (C=O) groups excluding carboxylic acids is 1. The number of carbonyl (C=O) groups is 1. The summed E-state index contributed by atoms with van der Waals surface area (Å²) >= 11 is 0. The molecule has 0 bridgehead atoms. The molecule has 0 saturated carbocycles. The summed E-state index contributed by atoms with van der Waals surface area (Å²) in [6, 6.07) is 0. The lowest BCUT2D eigenvalue weighted by atomic mass is 9.98. The third-order valence-corrected chi connectivity index (χ3v) is 2.17. The Balaban J connectivity index is 4.09. The van der Waals surface area contributed by atoms with Gasteiger partial charge in [0, 0.05) is 6.61 Å². The van der Waals surface area contributed by atoms with Gasteiger partial charge in [-0.3, -0.25) is 4.79 Å². The highest BCUT2D eigenvalue weighted by molar-refractivity contribution is 5.72. The fourth-order valence-corrected chi connectivity index (χ4v) is 1.43. The van der Waals surface area contributed by atoms with Crippen LogP contribution in [0.5, 0.6) is 0 Å². The molecule has 0 aromatic carbocycles. The van der Waals surface area contributed by atoms with Gasteiger partial charge in [0.25, 0.3) is 0 Å². The summed E-state index contributed by atoms with van der Waals surface area (Å²) in [5, 5.41) is 0. The first kappa shape index (κ1) is 15.4. The van der Waals surface area contributed by atoms with Crippen LogP contribution in [0.1, 0.15) is 41.0 Å². The van der Waals surface area contributed by atoms with Gasteiger partial charge in [-0.25, -0.2) is 0 Å². The summed E-state index contributed by atoms with van der Waals surface area (Å²) < 4.78 is 10.6. The summed E-state index contributed by atoms with van der Waals surface area (Å²) in [7, 11) is 0. The smallest absolute Gasteiger partial charge is 0.311 e. The number of hydrogen-bond donors (Lipinski definition) is 0. The second-order valence-corrected chi connectivity index (χ2v) is 5.01. The zero-order valence-corrected chi connectivity index (χ0v) is 11.3. The molecule has 0 fully saturated rings. The Bertz CT molecular complexity index is 188. The monoisotopic (exact) mass is 230 g/mol. The van der Waals surface area contributed by atoms with E-state index in [9.17, 15) is 4.79 Å². The van der Waals surface area contributed by atoms with E-state index < -0.39 is 0 Å². The average Bonchev–Trinajstić information content (AvgIpc) is 2.20. The lowest BCUT2D eigenvalue weighted by Crippen LogP contribution is -2.25. The number of rotatable bonds is 8. The van der Waals surface area contributed by atoms with E-state index in [2.05, 4.69) is 13.8 Å². The van der Waals surface area contributed by atoms with Crippen LogP contribution in [-0.2, 0) is 14.3 Å². The maximum absolute atomic E-state index is 11.8.